The van der Waals surface area contributed by atoms with Crippen molar-refractivity contribution >= 4 is 18.7 Å². The molecule has 1 heterocycles. The van der Waals surface area contributed by atoms with Gasteiger partial charge in [0.15, 0.2) is 0 Å². The Bertz CT molecular complexity index is 565. The molecule has 2 N–H and O–H groups in total. The quantitative estimate of drug-likeness (QED) is 0.837. The van der Waals surface area contributed by atoms with Crippen molar-refractivity contribution in [1.82, 2.24) is 5.32 Å². The molecule has 0 unspecified atom stereocenters. The number of carbonyl (C=O) groups is 1. The highest BCUT2D eigenvalue weighted by molar-refractivity contribution is 6.62. The van der Waals surface area contributed by atoms with Gasteiger partial charge in [-0.05, 0) is 38.7 Å². The average Bonchev–Trinajstić information content (AvgIpc) is 2.66. The lowest BCUT2D eigenvalue weighted by molar-refractivity contribution is 0.00578. The first-order chi connectivity index (χ1) is 10.4. The number of hydrogen-bond acceptors (Lipinski definition) is 3. The minimum absolute atomic E-state index is 0.285. The van der Waals surface area contributed by atoms with Crippen LogP contribution in [-0.4, -0.2) is 36.1 Å². The summed E-state index contributed by atoms with van der Waals surface area (Å²) in [6.45, 7) is 12.5. The number of benzene rings is 1. The minimum atomic E-state index is -1.01. The maximum absolute atomic E-state index is 10.7. The number of nitrogens with one attached hydrogen (secondary N) is 1. The Kier molecular flexibility index (Phi) is 4.52. The Morgan fingerprint density at radius 3 is 2.04 bits per heavy atom. The van der Waals surface area contributed by atoms with Crippen LogP contribution >= 0.6 is 0 Å². The van der Waals surface area contributed by atoms with Crippen molar-refractivity contribution in [3.8, 4) is 0 Å². The van der Waals surface area contributed by atoms with Gasteiger partial charge in [0, 0.05) is 12.0 Å². The van der Waals surface area contributed by atoms with E-state index in [1.54, 1.807) is 0 Å². The average molecular weight is 319 g/mol. The second kappa shape index (κ2) is 5.84. The molecule has 2 rings (SSSR count). The minimum Gasteiger partial charge on any atom is -0.465 e. The fourth-order valence-electron chi connectivity index (χ4n) is 2.47. The van der Waals surface area contributed by atoms with Crippen molar-refractivity contribution in [3.05, 3.63) is 29.8 Å². The van der Waals surface area contributed by atoms with Gasteiger partial charge in [-0.2, -0.15) is 0 Å². The summed E-state index contributed by atoms with van der Waals surface area (Å²) in [6, 6.07) is 7.98. The van der Waals surface area contributed by atoms with Crippen LogP contribution in [0.3, 0.4) is 0 Å². The molecule has 1 aromatic rings. The Morgan fingerprint density at radius 2 is 1.61 bits per heavy atom. The topological polar surface area (TPSA) is 67.8 Å². The van der Waals surface area contributed by atoms with Gasteiger partial charge >= 0.3 is 13.2 Å². The van der Waals surface area contributed by atoms with Crippen LogP contribution in [0.2, 0.25) is 0 Å². The third-order valence-electron chi connectivity index (χ3n) is 4.90. The molecule has 1 saturated heterocycles. The van der Waals surface area contributed by atoms with E-state index in [2.05, 4.69) is 5.32 Å². The van der Waals surface area contributed by atoms with E-state index in [0.717, 1.165) is 11.0 Å². The summed E-state index contributed by atoms with van der Waals surface area (Å²) in [7, 11) is -0.380. The first-order valence-electron chi connectivity index (χ1n) is 7.87. The van der Waals surface area contributed by atoms with Crippen LogP contribution in [0.25, 0.3) is 0 Å². The number of rotatable bonds is 4. The van der Waals surface area contributed by atoms with Gasteiger partial charge in [-0.3, -0.25) is 0 Å². The van der Waals surface area contributed by atoms with Crippen molar-refractivity contribution in [2.45, 2.75) is 58.2 Å². The smallest absolute Gasteiger partial charge is 0.465 e. The molecule has 0 spiro atoms. The van der Waals surface area contributed by atoms with Gasteiger partial charge in [0.2, 0.25) is 0 Å². The summed E-state index contributed by atoms with van der Waals surface area (Å²) >= 11 is 0. The number of carboxylic acid groups (broad SMARTS) is 1. The van der Waals surface area contributed by atoms with Crippen LogP contribution in [0, 0.1) is 0 Å². The van der Waals surface area contributed by atoms with Crippen LogP contribution < -0.4 is 10.8 Å². The lowest BCUT2D eigenvalue weighted by Crippen LogP contribution is -2.41. The first kappa shape index (κ1) is 17.8. The molecule has 0 atom stereocenters. The monoisotopic (exact) mass is 319 g/mol. The summed E-state index contributed by atoms with van der Waals surface area (Å²) in [4.78, 5) is 10.7. The van der Waals surface area contributed by atoms with Crippen molar-refractivity contribution in [3.63, 3.8) is 0 Å². The number of hydrogen-bond donors (Lipinski definition) is 2. The van der Waals surface area contributed by atoms with Crippen LogP contribution in [0.1, 0.15) is 47.1 Å². The van der Waals surface area contributed by atoms with Gasteiger partial charge < -0.3 is 19.7 Å². The lowest BCUT2D eigenvalue weighted by atomic mass is 9.76. The molecule has 126 valence electrons. The molecule has 1 aliphatic rings. The van der Waals surface area contributed by atoms with Crippen molar-refractivity contribution in [1.29, 1.82) is 0 Å². The van der Waals surface area contributed by atoms with Crippen molar-refractivity contribution in [2.24, 2.45) is 0 Å². The Labute approximate surface area is 138 Å². The standard InChI is InChI=1S/C17H26BNO4/c1-15(2,11-19-14(20)21)12-7-9-13(10-8-12)18-22-16(3,4)17(5,6)23-18/h7-10,19H,11H2,1-6H3,(H,20,21). The molecule has 5 nitrogen and oxygen atoms in total. The molecule has 0 aromatic heterocycles. The molecular weight excluding hydrogens is 293 g/mol. The van der Waals surface area contributed by atoms with E-state index < -0.39 is 6.09 Å². The fourth-order valence-corrected chi connectivity index (χ4v) is 2.47. The largest absolute Gasteiger partial charge is 0.494 e. The van der Waals surface area contributed by atoms with E-state index in [4.69, 9.17) is 14.4 Å². The normalized spacial score (nSPS) is 19.7. The molecule has 1 aliphatic heterocycles. The molecule has 23 heavy (non-hydrogen) atoms. The molecular formula is C17H26BNO4. The second-order valence-electron chi connectivity index (χ2n) is 7.75. The third-order valence-corrected chi connectivity index (χ3v) is 4.90. The van der Waals surface area contributed by atoms with E-state index in [0.29, 0.717) is 6.54 Å². The van der Waals surface area contributed by atoms with E-state index in [-0.39, 0.29) is 23.7 Å². The van der Waals surface area contributed by atoms with Crippen molar-refractivity contribution in [2.75, 3.05) is 6.54 Å². The Hall–Kier alpha value is -1.53. The molecule has 1 amide bonds. The van der Waals surface area contributed by atoms with Crippen LogP contribution in [0.15, 0.2) is 24.3 Å². The van der Waals surface area contributed by atoms with Gasteiger partial charge in [-0.25, -0.2) is 4.79 Å². The van der Waals surface area contributed by atoms with E-state index in [1.165, 1.54) is 0 Å². The van der Waals surface area contributed by atoms with Gasteiger partial charge in [0.05, 0.1) is 11.2 Å². The van der Waals surface area contributed by atoms with Crippen molar-refractivity contribution < 1.29 is 19.2 Å². The molecule has 1 aromatic carbocycles. The highest BCUT2D eigenvalue weighted by atomic mass is 16.7. The zero-order valence-electron chi connectivity index (χ0n) is 14.8. The molecule has 0 saturated carbocycles. The maximum atomic E-state index is 10.7. The van der Waals surface area contributed by atoms with Crippen LogP contribution in [-0.2, 0) is 14.7 Å². The van der Waals surface area contributed by atoms with E-state index in [9.17, 15) is 4.79 Å². The SMILES string of the molecule is CC(C)(CNC(=O)O)c1ccc(B2OC(C)(C)C(C)(C)O2)cc1. The van der Waals surface area contributed by atoms with Crippen LogP contribution in [0.4, 0.5) is 4.79 Å². The first-order valence-corrected chi connectivity index (χ1v) is 7.87. The van der Waals surface area contributed by atoms with E-state index >= 15 is 0 Å². The predicted molar refractivity (Wildman–Crippen MR) is 91.2 cm³/mol. The van der Waals surface area contributed by atoms with Gasteiger partial charge in [0.1, 0.15) is 0 Å². The Morgan fingerprint density at radius 1 is 1.13 bits per heavy atom. The van der Waals surface area contributed by atoms with Gasteiger partial charge in [-0.1, -0.05) is 38.1 Å². The van der Waals surface area contributed by atoms with E-state index in [1.807, 2.05) is 65.8 Å². The maximum Gasteiger partial charge on any atom is 0.494 e. The van der Waals surface area contributed by atoms with Gasteiger partial charge in [-0.15, -0.1) is 0 Å². The lowest BCUT2D eigenvalue weighted by Gasteiger charge is -2.32. The second-order valence-corrected chi connectivity index (χ2v) is 7.75. The number of amides is 1. The third kappa shape index (κ3) is 3.70. The highest BCUT2D eigenvalue weighted by Crippen LogP contribution is 2.36. The highest BCUT2D eigenvalue weighted by Gasteiger charge is 2.51. The summed E-state index contributed by atoms with van der Waals surface area (Å²) in [5.74, 6) is 0. The van der Waals surface area contributed by atoms with Crippen LogP contribution in [0.5, 0.6) is 0 Å². The van der Waals surface area contributed by atoms with Gasteiger partial charge in [0.25, 0.3) is 0 Å². The zero-order valence-corrected chi connectivity index (χ0v) is 14.8. The summed E-state index contributed by atoms with van der Waals surface area (Å²) in [5.41, 5.74) is 1.02. The summed E-state index contributed by atoms with van der Waals surface area (Å²) < 4.78 is 12.1. The fraction of sp³-hybridized carbons (Fsp3) is 0.588. The molecule has 1 fully saturated rings. The summed E-state index contributed by atoms with van der Waals surface area (Å²) in [5, 5.41) is 11.2. The summed E-state index contributed by atoms with van der Waals surface area (Å²) in [6.07, 6.45) is -1.01. The molecule has 0 radical (unpaired) electrons. The molecule has 0 aliphatic carbocycles. The zero-order chi connectivity index (χ0) is 17.5. The predicted octanol–water partition coefficient (Wildman–Crippen LogP) is 2.53. The molecule has 0 bridgehead atoms. The molecule has 6 heteroatoms. The Balaban J connectivity index is 2.13.